The molecule has 0 spiro atoms. The van der Waals surface area contributed by atoms with Crippen LogP contribution >= 0.6 is 0 Å². The summed E-state index contributed by atoms with van der Waals surface area (Å²) in [5, 5.41) is 0. The summed E-state index contributed by atoms with van der Waals surface area (Å²) in [6.07, 6.45) is 3.70. The Morgan fingerprint density at radius 3 is 2.38 bits per heavy atom. The van der Waals surface area contributed by atoms with Crippen molar-refractivity contribution in [1.29, 1.82) is 0 Å². The van der Waals surface area contributed by atoms with Crippen molar-refractivity contribution in [1.82, 2.24) is 14.8 Å². The summed E-state index contributed by atoms with van der Waals surface area (Å²) in [5.41, 5.74) is 0.942. The number of aromatic amines is 1. The molecule has 0 radical (unpaired) electrons. The van der Waals surface area contributed by atoms with E-state index in [4.69, 9.17) is 0 Å². The molecule has 1 aromatic rings. The van der Waals surface area contributed by atoms with E-state index in [0.29, 0.717) is 31.8 Å². The van der Waals surface area contributed by atoms with Crippen LogP contribution in [0.25, 0.3) is 0 Å². The summed E-state index contributed by atoms with van der Waals surface area (Å²) in [5.74, 6) is 0.727. The molecule has 0 unspecified atom stereocenters. The topological polar surface area (TPSA) is 56.4 Å². The van der Waals surface area contributed by atoms with Crippen LogP contribution in [0.5, 0.6) is 0 Å². The molecule has 1 aliphatic heterocycles. The van der Waals surface area contributed by atoms with Crippen molar-refractivity contribution < 1.29 is 9.59 Å². The van der Waals surface area contributed by atoms with E-state index in [2.05, 4.69) is 18.8 Å². The zero-order chi connectivity index (χ0) is 15.2. The summed E-state index contributed by atoms with van der Waals surface area (Å²) >= 11 is 0. The van der Waals surface area contributed by atoms with E-state index in [1.54, 1.807) is 0 Å². The molecule has 1 aliphatic rings. The van der Waals surface area contributed by atoms with Crippen LogP contribution in [0, 0.1) is 5.92 Å². The molecule has 2 heterocycles. The Morgan fingerprint density at radius 2 is 1.81 bits per heavy atom. The van der Waals surface area contributed by atoms with Gasteiger partial charge in [-0.25, -0.2) is 0 Å². The number of carbonyl (C=O) groups excluding carboxylic acids is 2. The van der Waals surface area contributed by atoms with Crippen LogP contribution in [0.4, 0.5) is 0 Å². The van der Waals surface area contributed by atoms with Gasteiger partial charge in [-0.2, -0.15) is 0 Å². The third kappa shape index (κ3) is 4.62. The number of nitrogens with one attached hydrogen (secondary N) is 1. The van der Waals surface area contributed by atoms with Crippen LogP contribution in [0.1, 0.15) is 32.4 Å². The SMILES string of the molecule is CC(C)CC(=O)N1CCCN(C(=O)Cc2ccc[nH]2)CC1. The van der Waals surface area contributed by atoms with Gasteiger partial charge in [0.15, 0.2) is 0 Å². The van der Waals surface area contributed by atoms with Crippen LogP contribution in [-0.4, -0.2) is 52.8 Å². The van der Waals surface area contributed by atoms with E-state index in [-0.39, 0.29) is 11.8 Å². The van der Waals surface area contributed by atoms with Crippen molar-refractivity contribution in [2.45, 2.75) is 33.1 Å². The third-order valence-corrected chi connectivity index (χ3v) is 3.79. The van der Waals surface area contributed by atoms with Gasteiger partial charge < -0.3 is 14.8 Å². The molecular formula is C16H25N3O2. The van der Waals surface area contributed by atoms with Gasteiger partial charge in [0.1, 0.15) is 0 Å². The van der Waals surface area contributed by atoms with Gasteiger partial charge in [0.25, 0.3) is 0 Å². The average molecular weight is 291 g/mol. The first-order valence-electron chi connectivity index (χ1n) is 7.74. The molecule has 2 rings (SSSR count). The second kappa shape index (κ2) is 7.29. The van der Waals surface area contributed by atoms with Gasteiger partial charge in [-0.1, -0.05) is 13.8 Å². The van der Waals surface area contributed by atoms with Crippen molar-refractivity contribution in [2.24, 2.45) is 5.92 Å². The normalized spacial score (nSPS) is 16.1. The minimum Gasteiger partial charge on any atom is -0.365 e. The van der Waals surface area contributed by atoms with Crippen LogP contribution in [0.2, 0.25) is 0 Å². The Morgan fingerprint density at radius 1 is 1.14 bits per heavy atom. The lowest BCUT2D eigenvalue weighted by Gasteiger charge is -2.22. The van der Waals surface area contributed by atoms with Crippen molar-refractivity contribution in [3.05, 3.63) is 24.0 Å². The van der Waals surface area contributed by atoms with E-state index in [9.17, 15) is 9.59 Å². The number of hydrogen-bond donors (Lipinski definition) is 1. The Hall–Kier alpha value is -1.78. The van der Waals surface area contributed by atoms with Crippen LogP contribution in [0.3, 0.4) is 0 Å². The molecule has 5 nitrogen and oxygen atoms in total. The number of amides is 2. The number of carbonyl (C=O) groups is 2. The number of nitrogens with zero attached hydrogens (tertiary/aromatic N) is 2. The van der Waals surface area contributed by atoms with E-state index in [1.807, 2.05) is 28.1 Å². The summed E-state index contributed by atoms with van der Waals surface area (Å²) < 4.78 is 0. The Labute approximate surface area is 126 Å². The molecule has 2 amide bonds. The summed E-state index contributed by atoms with van der Waals surface area (Å²) in [4.78, 5) is 31.2. The molecule has 0 saturated carbocycles. The highest BCUT2D eigenvalue weighted by Crippen LogP contribution is 2.10. The molecule has 1 fully saturated rings. The Bertz CT molecular complexity index is 468. The first-order chi connectivity index (χ1) is 10.1. The minimum absolute atomic E-state index is 0.135. The maximum Gasteiger partial charge on any atom is 0.228 e. The van der Waals surface area contributed by atoms with Gasteiger partial charge in [0.2, 0.25) is 11.8 Å². The van der Waals surface area contributed by atoms with Crippen molar-refractivity contribution in [3.63, 3.8) is 0 Å². The Kier molecular flexibility index (Phi) is 5.42. The number of aromatic nitrogens is 1. The maximum absolute atomic E-state index is 12.3. The molecule has 0 aromatic carbocycles. The second-order valence-electron chi connectivity index (χ2n) is 6.09. The molecule has 1 aromatic heterocycles. The standard InChI is InChI=1S/C16H25N3O2/c1-13(2)11-15(20)18-7-4-8-19(10-9-18)16(21)12-14-5-3-6-17-14/h3,5-6,13,17H,4,7-12H2,1-2H3. The van der Waals surface area contributed by atoms with Crippen LogP contribution in [0.15, 0.2) is 18.3 Å². The first kappa shape index (κ1) is 15.6. The molecule has 1 N–H and O–H groups in total. The molecule has 5 heteroatoms. The van der Waals surface area contributed by atoms with Gasteiger partial charge in [-0.05, 0) is 24.5 Å². The predicted molar refractivity (Wildman–Crippen MR) is 81.7 cm³/mol. The molecule has 0 bridgehead atoms. The fraction of sp³-hybridized carbons (Fsp3) is 0.625. The minimum atomic E-state index is 0.135. The summed E-state index contributed by atoms with van der Waals surface area (Å²) in [7, 11) is 0. The molecule has 116 valence electrons. The van der Waals surface area contributed by atoms with Gasteiger partial charge in [0.05, 0.1) is 6.42 Å². The largest absolute Gasteiger partial charge is 0.365 e. The summed E-state index contributed by atoms with van der Waals surface area (Å²) in [6.45, 7) is 6.91. The maximum atomic E-state index is 12.3. The van der Waals surface area contributed by atoms with E-state index >= 15 is 0 Å². The monoisotopic (exact) mass is 291 g/mol. The highest BCUT2D eigenvalue weighted by atomic mass is 16.2. The zero-order valence-electron chi connectivity index (χ0n) is 13.0. The highest BCUT2D eigenvalue weighted by Gasteiger charge is 2.22. The van der Waals surface area contributed by atoms with Crippen molar-refractivity contribution in [2.75, 3.05) is 26.2 Å². The summed E-state index contributed by atoms with van der Waals surface area (Å²) in [6, 6.07) is 3.82. The third-order valence-electron chi connectivity index (χ3n) is 3.79. The predicted octanol–water partition coefficient (Wildman–Crippen LogP) is 1.66. The number of rotatable bonds is 4. The quantitative estimate of drug-likeness (QED) is 0.917. The smallest absolute Gasteiger partial charge is 0.228 e. The van der Waals surface area contributed by atoms with Gasteiger partial charge >= 0.3 is 0 Å². The Balaban J connectivity index is 1.85. The molecule has 1 saturated heterocycles. The van der Waals surface area contributed by atoms with Crippen LogP contribution < -0.4 is 0 Å². The highest BCUT2D eigenvalue weighted by molar-refractivity contribution is 5.79. The van der Waals surface area contributed by atoms with Crippen molar-refractivity contribution >= 4 is 11.8 Å². The fourth-order valence-electron chi connectivity index (χ4n) is 2.65. The number of H-pyrrole nitrogens is 1. The molecule has 0 aliphatic carbocycles. The second-order valence-corrected chi connectivity index (χ2v) is 6.09. The van der Waals surface area contributed by atoms with E-state index in [0.717, 1.165) is 25.2 Å². The molecule has 0 atom stereocenters. The number of hydrogen-bond acceptors (Lipinski definition) is 2. The van der Waals surface area contributed by atoms with Gasteiger partial charge in [-0.15, -0.1) is 0 Å². The zero-order valence-corrected chi connectivity index (χ0v) is 13.0. The fourth-order valence-corrected chi connectivity index (χ4v) is 2.65. The first-order valence-corrected chi connectivity index (χ1v) is 7.74. The molecular weight excluding hydrogens is 266 g/mol. The lowest BCUT2D eigenvalue weighted by atomic mass is 10.1. The van der Waals surface area contributed by atoms with E-state index < -0.39 is 0 Å². The van der Waals surface area contributed by atoms with Gasteiger partial charge in [0, 0.05) is 44.5 Å². The molecule has 21 heavy (non-hydrogen) atoms. The average Bonchev–Trinajstić information content (AvgIpc) is 2.79. The van der Waals surface area contributed by atoms with Crippen LogP contribution in [-0.2, 0) is 16.0 Å². The lowest BCUT2D eigenvalue weighted by molar-refractivity contribution is -0.133. The van der Waals surface area contributed by atoms with E-state index in [1.165, 1.54) is 0 Å². The van der Waals surface area contributed by atoms with Crippen molar-refractivity contribution in [3.8, 4) is 0 Å². The lowest BCUT2D eigenvalue weighted by Crippen LogP contribution is -2.38. The van der Waals surface area contributed by atoms with Gasteiger partial charge in [-0.3, -0.25) is 9.59 Å².